The Morgan fingerprint density at radius 1 is 0.871 bits per heavy atom. The number of nitrogens with zero attached hydrogens (tertiary/aromatic N) is 2. The molecule has 1 N–H and O–H groups in total. The SMILES string of the molecule is COc1ccc(-c2nn(CCC(=O)O)c(-c3ccc(OC)c(OC)c3)c2C)cc1OC. The Bertz CT molecular complexity index is 1090. The molecule has 8 heteroatoms. The van der Waals surface area contributed by atoms with Crippen molar-refractivity contribution in [2.75, 3.05) is 28.4 Å². The standard InChI is InChI=1S/C23H26N2O6/c1-14-22(15-6-8-17(28-2)19(12-15)30-4)24-25(11-10-21(26)27)23(14)16-7-9-18(29-3)20(13-16)31-5/h6-9,12-13H,10-11H2,1-5H3,(H,26,27). The Labute approximate surface area is 180 Å². The Morgan fingerprint density at radius 2 is 1.39 bits per heavy atom. The van der Waals surface area contributed by atoms with Crippen LogP contribution in [0.25, 0.3) is 22.5 Å². The molecule has 8 nitrogen and oxygen atoms in total. The summed E-state index contributed by atoms with van der Waals surface area (Å²) in [4.78, 5) is 11.2. The van der Waals surface area contributed by atoms with E-state index in [9.17, 15) is 9.90 Å². The monoisotopic (exact) mass is 426 g/mol. The van der Waals surface area contributed by atoms with Crippen molar-refractivity contribution in [3.05, 3.63) is 42.0 Å². The maximum absolute atomic E-state index is 11.2. The Kier molecular flexibility index (Phi) is 6.69. The van der Waals surface area contributed by atoms with Gasteiger partial charge in [0.1, 0.15) is 0 Å². The zero-order valence-corrected chi connectivity index (χ0v) is 18.3. The molecule has 2 aromatic carbocycles. The molecule has 0 amide bonds. The number of carboxylic acid groups (broad SMARTS) is 1. The van der Waals surface area contributed by atoms with Crippen molar-refractivity contribution in [2.24, 2.45) is 0 Å². The number of benzene rings is 2. The van der Waals surface area contributed by atoms with Crippen LogP contribution in [0.5, 0.6) is 23.0 Å². The predicted molar refractivity (Wildman–Crippen MR) is 116 cm³/mol. The number of carbonyl (C=O) groups is 1. The molecular formula is C23H26N2O6. The summed E-state index contributed by atoms with van der Waals surface area (Å²) in [6.45, 7) is 2.19. The molecule has 0 saturated heterocycles. The molecule has 164 valence electrons. The van der Waals surface area contributed by atoms with Crippen molar-refractivity contribution in [3.8, 4) is 45.5 Å². The molecule has 3 rings (SSSR count). The second-order valence-electron chi connectivity index (χ2n) is 6.83. The first-order valence-electron chi connectivity index (χ1n) is 9.67. The predicted octanol–water partition coefficient (Wildman–Crippen LogP) is 4.03. The molecule has 0 unspecified atom stereocenters. The molecule has 0 saturated carbocycles. The Hall–Kier alpha value is -3.68. The highest BCUT2D eigenvalue weighted by molar-refractivity contribution is 5.77. The van der Waals surface area contributed by atoms with Crippen LogP contribution in [-0.4, -0.2) is 49.3 Å². The van der Waals surface area contributed by atoms with Gasteiger partial charge in [0.15, 0.2) is 23.0 Å². The lowest BCUT2D eigenvalue weighted by Crippen LogP contribution is -2.07. The lowest BCUT2D eigenvalue weighted by Gasteiger charge is -2.12. The largest absolute Gasteiger partial charge is 0.493 e. The topological polar surface area (TPSA) is 92.0 Å². The number of hydrogen-bond acceptors (Lipinski definition) is 6. The molecule has 0 aliphatic heterocycles. The normalized spacial score (nSPS) is 10.6. The molecule has 0 aliphatic carbocycles. The fourth-order valence-corrected chi connectivity index (χ4v) is 3.52. The molecule has 3 aromatic rings. The van der Waals surface area contributed by atoms with E-state index in [0.717, 1.165) is 28.1 Å². The van der Waals surface area contributed by atoms with E-state index in [1.54, 1.807) is 33.1 Å². The minimum atomic E-state index is -0.890. The van der Waals surface area contributed by atoms with Crippen LogP contribution in [0, 0.1) is 6.92 Å². The van der Waals surface area contributed by atoms with Crippen LogP contribution in [0.15, 0.2) is 36.4 Å². The van der Waals surface area contributed by atoms with Gasteiger partial charge >= 0.3 is 5.97 Å². The van der Waals surface area contributed by atoms with Gasteiger partial charge in [0.05, 0.1) is 52.8 Å². The second-order valence-corrected chi connectivity index (χ2v) is 6.83. The first kappa shape index (κ1) is 22.0. The van der Waals surface area contributed by atoms with Gasteiger partial charge in [0, 0.05) is 16.7 Å². The smallest absolute Gasteiger partial charge is 0.305 e. The van der Waals surface area contributed by atoms with E-state index >= 15 is 0 Å². The Morgan fingerprint density at radius 3 is 1.90 bits per heavy atom. The van der Waals surface area contributed by atoms with E-state index in [2.05, 4.69) is 0 Å². The summed E-state index contributed by atoms with van der Waals surface area (Å²) in [6.07, 6.45) is -0.0488. The Balaban J connectivity index is 2.17. The van der Waals surface area contributed by atoms with Crippen molar-refractivity contribution in [2.45, 2.75) is 19.9 Å². The average molecular weight is 426 g/mol. The summed E-state index contributed by atoms with van der Waals surface area (Å²) in [7, 11) is 6.31. The van der Waals surface area contributed by atoms with Gasteiger partial charge in [-0.25, -0.2) is 0 Å². The zero-order valence-electron chi connectivity index (χ0n) is 18.3. The van der Waals surface area contributed by atoms with Crippen LogP contribution < -0.4 is 18.9 Å². The average Bonchev–Trinajstić information content (AvgIpc) is 3.12. The molecule has 0 bridgehead atoms. The number of carboxylic acids is 1. The number of hydrogen-bond donors (Lipinski definition) is 1. The van der Waals surface area contributed by atoms with Crippen molar-refractivity contribution in [3.63, 3.8) is 0 Å². The maximum Gasteiger partial charge on any atom is 0.305 e. The van der Waals surface area contributed by atoms with Gasteiger partial charge in [-0.1, -0.05) is 0 Å². The second kappa shape index (κ2) is 9.42. The van der Waals surface area contributed by atoms with Crippen LogP contribution in [-0.2, 0) is 11.3 Å². The summed E-state index contributed by atoms with van der Waals surface area (Å²) in [5, 5.41) is 13.9. The molecule has 0 fully saturated rings. The quantitative estimate of drug-likeness (QED) is 0.552. The number of aromatic nitrogens is 2. The van der Waals surface area contributed by atoms with Crippen molar-refractivity contribution in [1.29, 1.82) is 0 Å². The maximum atomic E-state index is 11.2. The summed E-state index contributed by atoms with van der Waals surface area (Å²) < 4.78 is 23.3. The fourth-order valence-electron chi connectivity index (χ4n) is 3.52. The zero-order chi connectivity index (χ0) is 22.5. The van der Waals surface area contributed by atoms with E-state index in [1.807, 2.05) is 43.3 Å². The van der Waals surface area contributed by atoms with E-state index in [1.165, 1.54) is 0 Å². The third kappa shape index (κ3) is 4.42. The molecule has 1 aromatic heterocycles. The minimum Gasteiger partial charge on any atom is -0.493 e. The molecular weight excluding hydrogens is 400 g/mol. The fraction of sp³-hybridized carbons (Fsp3) is 0.304. The van der Waals surface area contributed by atoms with Crippen LogP contribution in [0.4, 0.5) is 0 Å². The number of rotatable bonds is 9. The number of aryl methyl sites for hydroxylation is 1. The van der Waals surface area contributed by atoms with Crippen molar-refractivity contribution in [1.82, 2.24) is 9.78 Å². The number of aliphatic carboxylic acids is 1. The number of ether oxygens (including phenoxy) is 4. The van der Waals surface area contributed by atoms with Gasteiger partial charge in [0.25, 0.3) is 0 Å². The van der Waals surface area contributed by atoms with Crippen LogP contribution in [0.2, 0.25) is 0 Å². The summed E-state index contributed by atoms with van der Waals surface area (Å²) in [5.74, 6) is 1.51. The van der Waals surface area contributed by atoms with Gasteiger partial charge < -0.3 is 24.1 Å². The van der Waals surface area contributed by atoms with Gasteiger partial charge in [-0.15, -0.1) is 0 Å². The molecule has 1 heterocycles. The number of methoxy groups -OCH3 is 4. The first-order valence-corrected chi connectivity index (χ1v) is 9.67. The van der Waals surface area contributed by atoms with E-state index in [0.29, 0.717) is 23.0 Å². The van der Waals surface area contributed by atoms with Crippen LogP contribution >= 0.6 is 0 Å². The minimum absolute atomic E-state index is 0.0488. The third-order valence-electron chi connectivity index (χ3n) is 5.04. The van der Waals surface area contributed by atoms with E-state index < -0.39 is 5.97 Å². The van der Waals surface area contributed by atoms with Gasteiger partial charge in [-0.3, -0.25) is 9.48 Å². The molecule has 0 aliphatic rings. The molecule has 31 heavy (non-hydrogen) atoms. The molecule has 0 spiro atoms. The van der Waals surface area contributed by atoms with Gasteiger partial charge in [-0.2, -0.15) is 5.10 Å². The highest BCUT2D eigenvalue weighted by atomic mass is 16.5. The van der Waals surface area contributed by atoms with E-state index in [4.69, 9.17) is 24.0 Å². The highest BCUT2D eigenvalue weighted by Gasteiger charge is 2.20. The lowest BCUT2D eigenvalue weighted by molar-refractivity contribution is -0.137. The summed E-state index contributed by atoms with van der Waals surface area (Å²) >= 11 is 0. The third-order valence-corrected chi connectivity index (χ3v) is 5.04. The van der Waals surface area contributed by atoms with Gasteiger partial charge in [-0.05, 0) is 43.3 Å². The van der Waals surface area contributed by atoms with Crippen LogP contribution in [0.3, 0.4) is 0 Å². The molecule has 0 radical (unpaired) electrons. The lowest BCUT2D eigenvalue weighted by atomic mass is 10.0. The first-order chi connectivity index (χ1) is 14.9. The molecule has 0 atom stereocenters. The van der Waals surface area contributed by atoms with Gasteiger partial charge in [0.2, 0.25) is 0 Å². The van der Waals surface area contributed by atoms with Crippen molar-refractivity contribution < 1.29 is 28.8 Å². The summed E-state index contributed by atoms with van der Waals surface area (Å²) in [5.41, 5.74) is 4.14. The summed E-state index contributed by atoms with van der Waals surface area (Å²) in [6, 6.07) is 11.2. The van der Waals surface area contributed by atoms with Crippen LogP contribution in [0.1, 0.15) is 12.0 Å². The van der Waals surface area contributed by atoms with Crippen molar-refractivity contribution >= 4 is 5.97 Å². The van der Waals surface area contributed by atoms with E-state index in [-0.39, 0.29) is 13.0 Å². The highest BCUT2D eigenvalue weighted by Crippen LogP contribution is 2.38.